The quantitative estimate of drug-likeness (QED) is 0.712. The Labute approximate surface area is 129 Å². The smallest absolute Gasteiger partial charge is 0.329 e. The number of thiophene rings is 1. The standard InChI is InChI=1S/C14H15N5O2S/c1-17-10-11(18(2)14(21)16-12(10)20)15-13(17)19-5-3-9-8(7-19)4-6-22-9/h4,6H,3,5,7H2,1-2H3,(H,16,20,21). The van der Waals surface area contributed by atoms with E-state index in [-0.39, 0.29) is 0 Å². The third kappa shape index (κ3) is 1.77. The Hall–Kier alpha value is -2.35. The molecule has 22 heavy (non-hydrogen) atoms. The summed E-state index contributed by atoms with van der Waals surface area (Å²) in [6.45, 7) is 1.64. The minimum atomic E-state index is -0.444. The van der Waals surface area contributed by atoms with Gasteiger partial charge in [0.1, 0.15) is 0 Å². The average Bonchev–Trinajstić information content (AvgIpc) is 3.08. The van der Waals surface area contributed by atoms with Crippen LogP contribution in [-0.4, -0.2) is 25.6 Å². The van der Waals surface area contributed by atoms with Crippen LogP contribution in [0.25, 0.3) is 11.2 Å². The van der Waals surface area contributed by atoms with Gasteiger partial charge in [0.2, 0.25) is 5.95 Å². The summed E-state index contributed by atoms with van der Waals surface area (Å²) in [6, 6.07) is 2.14. The number of aryl methyl sites for hydroxylation is 2. The van der Waals surface area contributed by atoms with Gasteiger partial charge in [-0.05, 0) is 23.4 Å². The van der Waals surface area contributed by atoms with Gasteiger partial charge in [0.05, 0.1) is 0 Å². The summed E-state index contributed by atoms with van der Waals surface area (Å²) in [5.74, 6) is 0.721. The molecule has 0 spiro atoms. The highest BCUT2D eigenvalue weighted by Gasteiger charge is 2.23. The molecule has 7 nitrogen and oxygen atoms in total. The molecule has 1 aliphatic rings. The number of fused-ring (bicyclic) bond motifs is 2. The average molecular weight is 317 g/mol. The summed E-state index contributed by atoms with van der Waals surface area (Å²) < 4.78 is 3.14. The number of aromatic amines is 1. The SMILES string of the molecule is Cn1c(N2CCc3sccc3C2)nc2c1c(=O)[nH]c(=O)n2C. The van der Waals surface area contributed by atoms with Crippen LogP contribution in [0.5, 0.6) is 0 Å². The van der Waals surface area contributed by atoms with E-state index in [1.807, 2.05) is 7.05 Å². The van der Waals surface area contributed by atoms with Crippen molar-refractivity contribution in [2.24, 2.45) is 14.1 Å². The van der Waals surface area contributed by atoms with Crippen molar-refractivity contribution < 1.29 is 0 Å². The Morgan fingerprint density at radius 2 is 2.09 bits per heavy atom. The second kappa shape index (κ2) is 4.57. The van der Waals surface area contributed by atoms with E-state index in [1.165, 1.54) is 15.0 Å². The van der Waals surface area contributed by atoms with E-state index in [2.05, 4.69) is 26.3 Å². The van der Waals surface area contributed by atoms with Crippen molar-refractivity contribution in [1.82, 2.24) is 19.1 Å². The van der Waals surface area contributed by atoms with E-state index in [1.54, 1.807) is 23.0 Å². The number of hydrogen-bond acceptors (Lipinski definition) is 5. The molecule has 0 aliphatic carbocycles. The van der Waals surface area contributed by atoms with Crippen LogP contribution in [-0.2, 0) is 27.1 Å². The molecule has 0 fully saturated rings. The van der Waals surface area contributed by atoms with E-state index in [0.717, 1.165) is 25.5 Å². The van der Waals surface area contributed by atoms with Gasteiger partial charge in [-0.3, -0.25) is 14.3 Å². The van der Waals surface area contributed by atoms with Gasteiger partial charge in [0.25, 0.3) is 5.56 Å². The van der Waals surface area contributed by atoms with Gasteiger partial charge in [-0.1, -0.05) is 0 Å². The number of anilines is 1. The lowest BCUT2D eigenvalue weighted by Gasteiger charge is -2.27. The topological polar surface area (TPSA) is 75.9 Å². The lowest BCUT2D eigenvalue weighted by atomic mass is 10.1. The first-order chi connectivity index (χ1) is 10.6. The normalized spacial score (nSPS) is 14.5. The van der Waals surface area contributed by atoms with Gasteiger partial charge in [-0.2, -0.15) is 4.98 Å². The molecule has 0 amide bonds. The van der Waals surface area contributed by atoms with Crippen LogP contribution in [0.3, 0.4) is 0 Å². The second-order valence-corrected chi connectivity index (χ2v) is 6.50. The molecule has 4 heterocycles. The first-order valence-electron chi connectivity index (χ1n) is 7.02. The molecular formula is C14H15N5O2S. The van der Waals surface area contributed by atoms with Gasteiger partial charge in [-0.25, -0.2) is 4.79 Å². The van der Waals surface area contributed by atoms with Crippen LogP contribution in [0, 0.1) is 0 Å². The summed E-state index contributed by atoms with van der Waals surface area (Å²) in [7, 11) is 3.43. The highest BCUT2D eigenvalue weighted by Crippen LogP contribution is 2.28. The Morgan fingerprint density at radius 1 is 1.27 bits per heavy atom. The largest absolute Gasteiger partial charge is 0.337 e. The molecule has 1 N–H and O–H groups in total. The molecule has 0 saturated heterocycles. The lowest BCUT2D eigenvalue weighted by Crippen LogP contribution is -2.31. The predicted octanol–water partition coefficient (Wildman–Crippen LogP) is 0.584. The molecule has 0 bridgehead atoms. The van der Waals surface area contributed by atoms with Crippen molar-refractivity contribution in [3.05, 3.63) is 42.7 Å². The zero-order valence-electron chi connectivity index (χ0n) is 12.3. The molecule has 1 aliphatic heterocycles. The predicted molar refractivity (Wildman–Crippen MR) is 85.6 cm³/mol. The van der Waals surface area contributed by atoms with Crippen molar-refractivity contribution in [2.75, 3.05) is 11.4 Å². The van der Waals surface area contributed by atoms with Gasteiger partial charge in [0.15, 0.2) is 11.2 Å². The maximum atomic E-state index is 12.1. The molecule has 0 aromatic carbocycles. The molecule has 4 rings (SSSR count). The second-order valence-electron chi connectivity index (χ2n) is 5.50. The number of hydrogen-bond donors (Lipinski definition) is 1. The van der Waals surface area contributed by atoms with E-state index in [4.69, 9.17) is 0 Å². The first kappa shape index (κ1) is 13.3. The minimum Gasteiger partial charge on any atom is -0.337 e. The highest BCUT2D eigenvalue weighted by atomic mass is 32.1. The molecule has 3 aromatic rings. The third-order valence-electron chi connectivity index (χ3n) is 4.20. The summed E-state index contributed by atoms with van der Waals surface area (Å²) in [6.07, 6.45) is 0.978. The van der Waals surface area contributed by atoms with Crippen molar-refractivity contribution in [3.8, 4) is 0 Å². The number of aromatic nitrogens is 4. The zero-order chi connectivity index (χ0) is 15.4. The number of rotatable bonds is 1. The fourth-order valence-corrected chi connectivity index (χ4v) is 3.89. The third-order valence-corrected chi connectivity index (χ3v) is 5.22. The molecule has 3 aromatic heterocycles. The van der Waals surface area contributed by atoms with Crippen LogP contribution in [0.2, 0.25) is 0 Å². The Morgan fingerprint density at radius 3 is 2.91 bits per heavy atom. The number of imidazole rings is 1. The van der Waals surface area contributed by atoms with E-state index in [0.29, 0.717) is 11.2 Å². The van der Waals surface area contributed by atoms with Crippen LogP contribution >= 0.6 is 11.3 Å². The van der Waals surface area contributed by atoms with E-state index in [9.17, 15) is 9.59 Å². The van der Waals surface area contributed by atoms with E-state index < -0.39 is 11.2 Å². The Kier molecular flexibility index (Phi) is 2.77. The molecular weight excluding hydrogens is 302 g/mol. The zero-order valence-corrected chi connectivity index (χ0v) is 13.1. The molecule has 0 saturated carbocycles. The number of nitrogens with one attached hydrogen (secondary N) is 1. The van der Waals surface area contributed by atoms with Gasteiger partial charge in [-0.15, -0.1) is 11.3 Å². The molecule has 0 radical (unpaired) electrons. The number of H-pyrrole nitrogens is 1. The van der Waals surface area contributed by atoms with Crippen LogP contribution in [0.4, 0.5) is 5.95 Å². The molecule has 114 valence electrons. The monoisotopic (exact) mass is 317 g/mol. The highest BCUT2D eigenvalue weighted by molar-refractivity contribution is 7.10. The summed E-state index contributed by atoms with van der Waals surface area (Å²) in [5.41, 5.74) is 1.31. The fourth-order valence-electron chi connectivity index (χ4n) is 3.00. The summed E-state index contributed by atoms with van der Waals surface area (Å²) >= 11 is 1.78. The molecule has 8 heteroatoms. The van der Waals surface area contributed by atoms with Crippen LogP contribution < -0.4 is 16.1 Å². The maximum Gasteiger partial charge on any atom is 0.329 e. The number of nitrogens with zero attached hydrogens (tertiary/aromatic N) is 4. The van der Waals surface area contributed by atoms with Crippen LogP contribution in [0.15, 0.2) is 21.0 Å². The lowest BCUT2D eigenvalue weighted by molar-refractivity contribution is 0.700. The van der Waals surface area contributed by atoms with Gasteiger partial charge in [0, 0.05) is 32.1 Å². The summed E-state index contributed by atoms with van der Waals surface area (Å²) in [4.78, 5) is 34.2. The minimum absolute atomic E-state index is 0.396. The molecule has 0 unspecified atom stereocenters. The van der Waals surface area contributed by atoms with Crippen molar-refractivity contribution >= 4 is 28.4 Å². The van der Waals surface area contributed by atoms with Gasteiger partial charge < -0.3 is 9.47 Å². The van der Waals surface area contributed by atoms with Crippen molar-refractivity contribution in [3.63, 3.8) is 0 Å². The maximum absolute atomic E-state index is 12.1. The fraction of sp³-hybridized carbons (Fsp3) is 0.357. The summed E-state index contributed by atoms with van der Waals surface area (Å²) in [5, 5.41) is 2.11. The van der Waals surface area contributed by atoms with Crippen molar-refractivity contribution in [2.45, 2.75) is 13.0 Å². The Bertz CT molecular complexity index is 993. The van der Waals surface area contributed by atoms with E-state index >= 15 is 0 Å². The first-order valence-corrected chi connectivity index (χ1v) is 7.90. The molecule has 0 atom stereocenters. The van der Waals surface area contributed by atoms with Crippen molar-refractivity contribution in [1.29, 1.82) is 0 Å². The Balaban J connectivity index is 1.89. The van der Waals surface area contributed by atoms with Gasteiger partial charge >= 0.3 is 5.69 Å². The van der Waals surface area contributed by atoms with Crippen LogP contribution in [0.1, 0.15) is 10.4 Å².